The molecule has 4 N–H and O–H groups in total. The zero-order valence-corrected chi connectivity index (χ0v) is 12.4. The summed E-state index contributed by atoms with van der Waals surface area (Å²) in [7, 11) is 0. The fourth-order valence-electron chi connectivity index (χ4n) is 1.98. The molecule has 0 spiro atoms. The number of nitrogens with zero attached hydrogens (tertiary/aromatic N) is 3. The van der Waals surface area contributed by atoms with Crippen LogP contribution in [0.1, 0.15) is 27.7 Å². The monoisotopic (exact) mass is 266 g/mol. The molecule has 6 nitrogen and oxygen atoms in total. The topological polar surface area (TPSA) is 79.1 Å². The van der Waals surface area contributed by atoms with Gasteiger partial charge in [-0.3, -0.25) is 0 Å². The molecule has 0 saturated carbocycles. The van der Waals surface area contributed by atoms with Crippen molar-refractivity contribution in [2.75, 3.05) is 42.5 Å². The lowest BCUT2D eigenvalue weighted by Gasteiger charge is -2.23. The van der Waals surface area contributed by atoms with Gasteiger partial charge in [0.25, 0.3) is 0 Å². The number of rotatable bonds is 8. The van der Waals surface area contributed by atoms with Gasteiger partial charge in [-0.25, -0.2) is 0 Å². The van der Waals surface area contributed by atoms with E-state index < -0.39 is 0 Å². The molecule has 0 aliphatic heterocycles. The van der Waals surface area contributed by atoms with Gasteiger partial charge < -0.3 is 21.3 Å². The molecule has 1 atom stereocenters. The number of nitrogens with two attached hydrogens (primary N) is 1. The second-order valence-electron chi connectivity index (χ2n) is 4.56. The lowest BCUT2D eigenvalue weighted by molar-refractivity contribution is 0.294. The van der Waals surface area contributed by atoms with Crippen LogP contribution < -0.4 is 16.4 Å². The van der Waals surface area contributed by atoms with Gasteiger partial charge in [0.15, 0.2) is 0 Å². The van der Waals surface area contributed by atoms with E-state index in [2.05, 4.69) is 46.3 Å². The van der Waals surface area contributed by atoms with E-state index in [-0.39, 0.29) is 5.95 Å². The maximum Gasteiger partial charge on any atom is 0.223 e. The van der Waals surface area contributed by atoms with Gasteiger partial charge >= 0.3 is 0 Å². The predicted octanol–water partition coefficient (Wildman–Crippen LogP) is 1.63. The van der Waals surface area contributed by atoms with Crippen molar-refractivity contribution in [1.82, 2.24) is 14.9 Å². The van der Waals surface area contributed by atoms with Crippen molar-refractivity contribution in [3.05, 3.63) is 6.07 Å². The zero-order valence-electron chi connectivity index (χ0n) is 12.4. The number of hydrogen-bond acceptors (Lipinski definition) is 6. The molecular formula is C13H26N6. The van der Waals surface area contributed by atoms with Gasteiger partial charge in [0.05, 0.1) is 0 Å². The van der Waals surface area contributed by atoms with Crippen LogP contribution in [0.3, 0.4) is 0 Å². The van der Waals surface area contributed by atoms with Crippen molar-refractivity contribution >= 4 is 17.6 Å². The number of nitrogen functional groups attached to an aromatic ring is 1. The Morgan fingerprint density at radius 2 is 1.84 bits per heavy atom. The van der Waals surface area contributed by atoms with Crippen LogP contribution in [0.4, 0.5) is 17.6 Å². The molecule has 0 aliphatic rings. The highest BCUT2D eigenvalue weighted by atomic mass is 15.2. The maximum atomic E-state index is 5.71. The minimum atomic E-state index is 0.288. The summed E-state index contributed by atoms with van der Waals surface area (Å²) in [6.45, 7) is 12.4. The van der Waals surface area contributed by atoms with E-state index in [0.717, 1.165) is 37.8 Å². The largest absolute Gasteiger partial charge is 0.370 e. The molecule has 1 unspecified atom stereocenters. The Hall–Kier alpha value is -1.56. The summed E-state index contributed by atoms with van der Waals surface area (Å²) in [4.78, 5) is 10.7. The Morgan fingerprint density at radius 1 is 1.21 bits per heavy atom. The predicted molar refractivity (Wildman–Crippen MR) is 81.5 cm³/mol. The van der Waals surface area contributed by atoms with E-state index in [1.54, 1.807) is 0 Å². The molecular weight excluding hydrogens is 240 g/mol. The van der Waals surface area contributed by atoms with E-state index in [4.69, 9.17) is 5.73 Å². The van der Waals surface area contributed by atoms with Crippen molar-refractivity contribution in [1.29, 1.82) is 0 Å². The molecule has 0 fully saturated rings. The van der Waals surface area contributed by atoms with Gasteiger partial charge in [0.2, 0.25) is 5.95 Å². The average molecular weight is 266 g/mol. The van der Waals surface area contributed by atoms with E-state index in [1.807, 2.05) is 13.0 Å². The van der Waals surface area contributed by atoms with Gasteiger partial charge in [-0.1, -0.05) is 13.8 Å². The summed E-state index contributed by atoms with van der Waals surface area (Å²) in [5.41, 5.74) is 5.71. The summed E-state index contributed by atoms with van der Waals surface area (Å²) < 4.78 is 0. The van der Waals surface area contributed by atoms with Gasteiger partial charge in [-0.15, -0.1) is 0 Å². The minimum absolute atomic E-state index is 0.288. The lowest BCUT2D eigenvalue weighted by atomic mass is 10.3. The number of aromatic nitrogens is 2. The Kier molecular flexibility index (Phi) is 6.35. The average Bonchev–Trinajstić information content (AvgIpc) is 2.35. The molecule has 1 heterocycles. The molecule has 6 heteroatoms. The Labute approximate surface area is 115 Å². The maximum absolute atomic E-state index is 5.71. The van der Waals surface area contributed by atoms with Crippen LogP contribution in [-0.4, -0.2) is 47.1 Å². The first kappa shape index (κ1) is 15.5. The Balaban J connectivity index is 2.65. The third-order valence-electron chi connectivity index (χ3n) is 2.92. The van der Waals surface area contributed by atoms with E-state index in [9.17, 15) is 0 Å². The third-order valence-corrected chi connectivity index (χ3v) is 2.92. The number of nitrogens with one attached hydrogen (secondary N) is 2. The van der Waals surface area contributed by atoms with Crippen molar-refractivity contribution < 1.29 is 0 Å². The molecule has 0 saturated heterocycles. The SMILES string of the molecule is CCNc1cc(NC(C)CN(CC)CC)nc(N)n1. The van der Waals surface area contributed by atoms with Crippen LogP contribution in [0.15, 0.2) is 6.07 Å². The molecule has 0 amide bonds. The fourth-order valence-corrected chi connectivity index (χ4v) is 1.98. The van der Waals surface area contributed by atoms with E-state index >= 15 is 0 Å². The third kappa shape index (κ3) is 5.30. The summed E-state index contributed by atoms with van der Waals surface area (Å²) in [5, 5.41) is 6.51. The first-order valence-corrected chi connectivity index (χ1v) is 6.96. The molecule has 0 bridgehead atoms. The van der Waals surface area contributed by atoms with Crippen LogP contribution in [0.25, 0.3) is 0 Å². The van der Waals surface area contributed by atoms with Crippen molar-refractivity contribution in [2.45, 2.75) is 33.7 Å². The molecule has 108 valence electrons. The van der Waals surface area contributed by atoms with Gasteiger partial charge in [-0.2, -0.15) is 9.97 Å². The standard InChI is InChI=1S/C13H26N6/c1-5-15-11-8-12(18-13(14)17-11)16-10(4)9-19(6-2)7-3/h8,10H,5-7,9H2,1-4H3,(H4,14,15,16,17,18). The number of hydrogen-bond donors (Lipinski definition) is 3. The first-order chi connectivity index (χ1) is 9.08. The van der Waals surface area contributed by atoms with E-state index in [0.29, 0.717) is 6.04 Å². The Morgan fingerprint density at radius 3 is 2.42 bits per heavy atom. The van der Waals surface area contributed by atoms with Crippen molar-refractivity contribution in [3.8, 4) is 0 Å². The van der Waals surface area contributed by atoms with Crippen LogP contribution in [-0.2, 0) is 0 Å². The first-order valence-electron chi connectivity index (χ1n) is 6.96. The van der Waals surface area contributed by atoms with E-state index in [1.165, 1.54) is 0 Å². The molecule has 0 aromatic carbocycles. The molecule has 19 heavy (non-hydrogen) atoms. The van der Waals surface area contributed by atoms with Gasteiger partial charge in [0.1, 0.15) is 11.6 Å². The van der Waals surface area contributed by atoms with Gasteiger partial charge in [0, 0.05) is 25.2 Å². The molecule has 1 aromatic rings. The number of anilines is 3. The second-order valence-corrected chi connectivity index (χ2v) is 4.56. The lowest BCUT2D eigenvalue weighted by Crippen LogP contribution is -2.35. The quantitative estimate of drug-likeness (QED) is 0.664. The number of likely N-dealkylation sites (N-methyl/N-ethyl adjacent to an activating group) is 1. The molecule has 1 aromatic heterocycles. The van der Waals surface area contributed by atoms with Crippen LogP contribution in [0.2, 0.25) is 0 Å². The smallest absolute Gasteiger partial charge is 0.223 e. The summed E-state index contributed by atoms with van der Waals surface area (Å²) in [6, 6.07) is 2.20. The second kappa shape index (κ2) is 7.78. The summed E-state index contributed by atoms with van der Waals surface area (Å²) >= 11 is 0. The fraction of sp³-hybridized carbons (Fsp3) is 0.692. The normalized spacial score (nSPS) is 12.5. The van der Waals surface area contributed by atoms with Crippen LogP contribution >= 0.6 is 0 Å². The molecule has 0 radical (unpaired) electrons. The van der Waals surface area contributed by atoms with Crippen LogP contribution in [0.5, 0.6) is 0 Å². The highest BCUT2D eigenvalue weighted by Gasteiger charge is 2.09. The zero-order chi connectivity index (χ0) is 14.3. The summed E-state index contributed by atoms with van der Waals surface area (Å²) in [6.07, 6.45) is 0. The Bertz CT molecular complexity index is 377. The highest BCUT2D eigenvalue weighted by Crippen LogP contribution is 2.13. The van der Waals surface area contributed by atoms with Crippen molar-refractivity contribution in [2.24, 2.45) is 0 Å². The van der Waals surface area contributed by atoms with Gasteiger partial charge in [-0.05, 0) is 26.9 Å². The van der Waals surface area contributed by atoms with Crippen molar-refractivity contribution in [3.63, 3.8) is 0 Å². The molecule has 1 rings (SSSR count). The molecule has 0 aliphatic carbocycles. The van der Waals surface area contributed by atoms with Crippen LogP contribution in [0, 0.1) is 0 Å². The minimum Gasteiger partial charge on any atom is -0.370 e. The summed E-state index contributed by atoms with van der Waals surface area (Å²) in [5.74, 6) is 1.81. The highest BCUT2D eigenvalue weighted by molar-refractivity contribution is 5.51.